The van der Waals surface area contributed by atoms with E-state index in [2.05, 4.69) is 19.2 Å². The van der Waals surface area contributed by atoms with Gasteiger partial charge in [-0.15, -0.1) is 0 Å². The molecule has 100 valence electrons. The van der Waals surface area contributed by atoms with Gasteiger partial charge in [-0.3, -0.25) is 10.1 Å². The van der Waals surface area contributed by atoms with Crippen LogP contribution in [0.1, 0.15) is 46.0 Å². The van der Waals surface area contributed by atoms with Gasteiger partial charge in [-0.05, 0) is 26.2 Å². The molecule has 4 nitrogen and oxygen atoms in total. The van der Waals surface area contributed by atoms with Crippen molar-refractivity contribution in [3.8, 4) is 0 Å². The molecule has 1 amide bonds. The first-order valence-corrected chi connectivity index (χ1v) is 6.76. The van der Waals surface area contributed by atoms with Gasteiger partial charge in [0, 0.05) is 20.3 Å². The van der Waals surface area contributed by atoms with Crippen LogP contribution in [0.4, 0.5) is 0 Å². The number of methoxy groups -OCH3 is 1. The highest BCUT2D eigenvalue weighted by Crippen LogP contribution is 2.15. The number of amides is 1. The van der Waals surface area contributed by atoms with E-state index in [-0.39, 0.29) is 18.1 Å². The van der Waals surface area contributed by atoms with Crippen LogP contribution >= 0.6 is 0 Å². The lowest BCUT2D eigenvalue weighted by Gasteiger charge is -2.20. The Kier molecular flexibility index (Phi) is 6.52. The fourth-order valence-corrected chi connectivity index (χ4v) is 2.29. The lowest BCUT2D eigenvalue weighted by Crippen LogP contribution is -2.35. The molecule has 1 heterocycles. The molecule has 4 heteroatoms. The number of carbonyl (C=O) groups is 1. The Labute approximate surface area is 105 Å². The topological polar surface area (TPSA) is 41.6 Å². The second kappa shape index (κ2) is 7.67. The second-order valence-corrected chi connectivity index (χ2v) is 4.77. The number of nitrogens with one attached hydrogen (secondary N) is 1. The summed E-state index contributed by atoms with van der Waals surface area (Å²) in [6, 6.07) is 0.0485. The van der Waals surface area contributed by atoms with Gasteiger partial charge in [-0.1, -0.05) is 19.8 Å². The molecule has 0 aromatic rings. The summed E-state index contributed by atoms with van der Waals surface area (Å²) < 4.78 is 5.02. The van der Waals surface area contributed by atoms with Crippen molar-refractivity contribution in [3.63, 3.8) is 0 Å². The highest BCUT2D eigenvalue weighted by molar-refractivity contribution is 5.84. The molecule has 0 bridgehead atoms. The normalized spacial score (nSPS) is 24.6. The monoisotopic (exact) mass is 242 g/mol. The number of ether oxygens (including phenoxy) is 1. The van der Waals surface area contributed by atoms with Crippen LogP contribution in [-0.2, 0) is 9.53 Å². The molecular formula is C13H26N2O2. The molecule has 2 unspecified atom stereocenters. The van der Waals surface area contributed by atoms with E-state index in [1.165, 1.54) is 0 Å². The van der Waals surface area contributed by atoms with E-state index < -0.39 is 0 Å². The molecular weight excluding hydrogens is 216 g/mol. The van der Waals surface area contributed by atoms with E-state index in [1.54, 1.807) is 7.11 Å². The molecule has 1 fully saturated rings. The highest BCUT2D eigenvalue weighted by Gasteiger charge is 2.34. The quantitative estimate of drug-likeness (QED) is 0.659. The third-order valence-electron chi connectivity index (χ3n) is 3.33. The average Bonchev–Trinajstić information content (AvgIpc) is 2.58. The molecule has 0 radical (unpaired) electrons. The van der Waals surface area contributed by atoms with E-state index in [9.17, 15) is 4.79 Å². The molecule has 1 N–H and O–H groups in total. The maximum absolute atomic E-state index is 12.1. The largest absolute Gasteiger partial charge is 0.385 e. The van der Waals surface area contributed by atoms with Crippen LogP contribution in [0.2, 0.25) is 0 Å². The summed E-state index contributed by atoms with van der Waals surface area (Å²) >= 11 is 0. The Bertz CT molecular complexity index is 233. The first-order valence-electron chi connectivity index (χ1n) is 6.76. The van der Waals surface area contributed by atoms with E-state index in [1.807, 2.05) is 4.90 Å². The minimum atomic E-state index is 0.0485. The predicted octanol–water partition coefficient (Wildman–Crippen LogP) is 1.75. The standard InChI is InChI=1S/C13H26N2O2/c1-4-5-8-12-13(16)15(11(2)14-12)9-6-7-10-17-3/h11-12,14H,4-10H2,1-3H3. The SMILES string of the molecule is CCCCC1NC(C)N(CCCCOC)C1=O. The fraction of sp³-hybridized carbons (Fsp3) is 0.923. The summed E-state index contributed by atoms with van der Waals surface area (Å²) in [7, 11) is 1.71. The Morgan fingerprint density at radius 3 is 2.76 bits per heavy atom. The lowest BCUT2D eigenvalue weighted by molar-refractivity contribution is -0.130. The number of hydrogen-bond donors (Lipinski definition) is 1. The van der Waals surface area contributed by atoms with Crippen LogP contribution < -0.4 is 5.32 Å². The summed E-state index contributed by atoms with van der Waals surface area (Å²) in [4.78, 5) is 14.1. The summed E-state index contributed by atoms with van der Waals surface area (Å²) in [6.07, 6.45) is 5.46. The fourth-order valence-electron chi connectivity index (χ4n) is 2.29. The van der Waals surface area contributed by atoms with Gasteiger partial charge in [0.1, 0.15) is 0 Å². The van der Waals surface area contributed by atoms with E-state index >= 15 is 0 Å². The minimum absolute atomic E-state index is 0.0485. The summed E-state index contributed by atoms with van der Waals surface area (Å²) in [5.74, 6) is 0.281. The summed E-state index contributed by atoms with van der Waals surface area (Å²) in [6.45, 7) is 5.85. The van der Waals surface area contributed by atoms with Crippen LogP contribution in [-0.4, -0.2) is 43.3 Å². The van der Waals surface area contributed by atoms with Crippen LogP contribution in [0.15, 0.2) is 0 Å². The molecule has 1 aliphatic heterocycles. The Balaban J connectivity index is 2.31. The average molecular weight is 242 g/mol. The minimum Gasteiger partial charge on any atom is -0.385 e. The Morgan fingerprint density at radius 1 is 1.35 bits per heavy atom. The van der Waals surface area contributed by atoms with Gasteiger partial charge in [0.15, 0.2) is 0 Å². The first-order chi connectivity index (χ1) is 8.20. The van der Waals surface area contributed by atoms with E-state index in [0.29, 0.717) is 0 Å². The van der Waals surface area contributed by atoms with Gasteiger partial charge in [-0.2, -0.15) is 0 Å². The molecule has 1 rings (SSSR count). The van der Waals surface area contributed by atoms with E-state index in [0.717, 1.165) is 45.3 Å². The predicted molar refractivity (Wildman–Crippen MR) is 68.7 cm³/mol. The van der Waals surface area contributed by atoms with Crippen LogP contribution in [0.3, 0.4) is 0 Å². The second-order valence-electron chi connectivity index (χ2n) is 4.77. The van der Waals surface area contributed by atoms with Crippen LogP contribution in [0.5, 0.6) is 0 Å². The maximum atomic E-state index is 12.1. The smallest absolute Gasteiger partial charge is 0.241 e. The molecule has 1 saturated heterocycles. The van der Waals surface area contributed by atoms with Crippen molar-refractivity contribution in [2.24, 2.45) is 0 Å². The number of nitrogens with zero attached hydrogens (tertiary/aromatic N) is 1. The zero-order chi connectivity index (χ0) is 12.7. The van der Waals surface area contributed by atoms with E-state index in [4.69, 9.17) is 4.74 Å². The zero-order valence-corrected chi connectivity index (χ0v) is 11.4. The van der Waals surface area contributed by atoms with Gasteiger partial charge in [0.2, 0.25) is 5.91 Å². The van der Waals surface area contributed by atoms with Crippen molar-refractivity contribution >= 4 is 5.91 Å². The van der Waals surface area contributed by atoms with Gasteiger partial charge in [0.05, 0.1) is 12.2 Å². The molecule has 0 aromatic heterocycles. The third kappa shape index (κ3) is 4.28. The van der Waals surface area contributed by atoms with Gasteiger partial charge in [-0.25, -0.2) is 0 Å². The van der Waals surface area contributed by atoms with Crippen LogP contribution in [0.25, 0.3) is 0 Å². The highest BCUT2D eigenvalue weighted by atomic mass is 16.5. The summed E-state index contributed by atoms with van der Waals surface area (Å²) in [5.41, 5.74) is 0. The van der Waals surface area contributed by atoms with Gasteiger partial charge >= 0.3 is 0 Å². The summed E-state index contributed by atoms with van der Waals surface area (Å²) in [5, 5.41) is 3.37. The van der Waals surface area contributed by atoms with Crippen molar-refractivity contribution in [1.29, 1.82) is 0 Å². The van der Waals surface area contributed by atoms with Gasteiger partial charge < -0.3 is 9.64 Å². The molecule has 0 spiro atoms. The Morgan fingerprint density at radius 2 is 2.12 bits per heavy atom. The molecule has 0 saturated carbocycles. The third-order valence-corrected chi connectivity index (χ3v) is 3.33. The first kappa shape index (κ1) is 14.5. The Hall–Kier alpha value is -0.610. The molecule has 2 atom stereocenters. The van der Waals surface area contributed by atoms with Crippen LogP contribution in [0, 0.1) is 0 Å². The zero-order valence-electron chi connectivity index (χ0n) is 11.4. The molecule has 1 aliphatic rings. The number of unbranched alkanes of at least 4 members (excludes halogenated alkanes) is 2. The maximum Gasteiger partial charge on any atom is 0.241 e. The number of carbonyl (C=O) groups excluding carboxylic acids is 1. The van der Waals surface area contributed by atoms with Crippen molar-refractivity contribution in [2.75, 3.05) is 20.3 Å². The molecule has 0 aliphatic carbocycles. The molecule has 0 aromatic carbocycles. The number of hydrogen-bond acceptors (Lipinski definition) is 3. The molecule has 17 heavy (non-hydrogen) atoms. The number of rotatable bonds is 8. The van der Waals surface area contributed by atoms with Crippen molar-refractivity contribution in [3.05, 3.63) is 0 Å². The van der Waals surface area contributed by atoms with Crippen molar-refractivity contribution in [1.82, 2.24) is 10.2 Å². The van der Waals surface area contributed by atoms with Gasteiger partial charge in [0.25, 0.3) is 0 Å². The van der Waals surface area contributed by atoms with Crippen molar-refractivity contribution in [2.45, 2.75) is 58.2 Å². The lowest BCUT2D eigenvalue weighted by atomic mass is 10.1. The van der Waals surface area contributed by atoms with Crippen molar-refractivity contribution < 1.29 is 9.53 Å².